The molecule has 1 aromatic heterocycles. The van der Waals surface area contributed by atoms with Gasteiger partial charge in [0.05, 0.1) is 15.6 Å². The van der Waals surface area contributed by atoms with E-state index in [1.165, 1.54) is 5.56 Å². The van der Waals surface area contributed by atoms with E-state index in [9.17, 15) is 0 Å². The van der Waals surface area contributed by atoms with Gasteiger partial charge in [-0.15, -0.1) is 0 Å². The van der Waals surface area contributed by atoms with Crippen molar-refractivity contribution >= 4 is 40.1 Å². The number of aromatic nitrogens is 2. The predicted molar refractivity (Wildman–Crippen MR) is 109 cm³/mol. The number of anilines is 2. The number of aryl methyl sites for hydroxylation is 3. The monoisotopic (exact) mass is 369 g/mol. The molecule has 0 atom stereocenters. The first kappa shape index (κ1) is 17.6. The van der Waals surface area contributed by atoms with Crippen LogP contribution in [-0.2, 0) is 7.05 Å². The lowest BCUT2D eigenvalue weighted by molar-refractivity contribution is 0.731. The number of halogens is 1. The maximum absolute atomic E-state index is 6.54. The number of thiocarbonyl (C=S) groups is 1. The van der Waals surface area contributed by atoms with E-state index >= 15 is 0 Å². The summed E-state index contributed by atoms with van der Waals surface area (Å²) in [5, 5.41) is 8.48. The lowest BCUT2D eigenvalue weighted by Crippen LogP contribution is -2.05. The molecule has 3 rings (SSSR count). The molecular formula is C20H20ClN3S. The minimum Gasteiger partial charge on any atom is -0.355 e. The number of benzene rings is 2. The molecule has 0 aliphatic rings. The maximum atomic E-state index is 6.54. The van der Waals surface area contributed by atoms with Gasteiger partial charge in [0.15, 0.2) is 0 Å². The zero-order chi connectivity index (χ0) is 18.1. The quantitative estimate of drug-likeness (QED) is 0.485. The van der Waals surface area contributed by atoms with Gasteiger partial charge in [-0.25, -0.2) is 0 Å². The highest BCUT2D eigenvalue weighted by molar-refractivity contribution is 7.81. The minimum absolute atomic E-state index is 0.631. The number of nitrogens with zero attached hydrogens (tertiary/aromatic N) is 2. The van der Waals surface area contributed by atoms with Gasteiger partial charge in [-0.3, -0.25) is 4.68 Å². The van der Waals surface area contributed by atoms with Gasteiger partial charge in [-0.1, -0.05) is 42.0 Å². The smallest absolute Gasteiger partial charge is 0.0683 e. The molecule has 0 saturated carbocycles. The van der Waals surface area contributed by atoms with Crippen molar-refractivity contribution in [2.24, 2.45) is 7.05 Å². The third kappa shape index (κ3) is 3.46. The normalized spacial score (nSPS) is 10.8. The molecule has 3 aromatic rings. The van der Waals surface area contributed by atoms with Crippen LogP contribution < -0.4 is 5.32 Å². The van der Waals surface area contributed by atoms with Crippen molar-refractivity contribution in [2.75, 3.05) is 5.32 Å². The van der Waals surface area contributed by atoms with Crippen LogP contribution in [-0.4, -0.2) is 14.6 Å². The van der Waals surface area contributed by atoms with Crippen LogP contribution in [0.5, 0.6) is 0 Å². The van der Waals surface area contributed by atoms with E-state index in [1.807, 2.05) is 62.0 Å². The Kier molecular flexibility index (Phi) is 4.93. The van der Waals surface area contributed by atoms with Crippen molar-refractivity contribution in [2.45, 2.75) is 20.8 Å². The van der Waals surface area contributed by atoms with Crippen LogP contribution in [0.25, 0.3) is 0 Å². The van der Waals surface area contributed by atoms with E-state index in [1.54, 1.807) is 0 Å². The molecule has 1 heterocycles. The molecule has 0 radical (unpaired) electrons. The van der Waals surface area contributed by atoms with Crippen LogP contribution in [0.15, 0.2) is 42.5 Å². The van der Waals surface area contributed by atoms with E-state index in [0.29, 0.717) is 5.02 Å². The average molecular weight is 370 g/mol. The average Bonchev–Trinajstić information content (AvgIpc) is 2.82. The third-order valence-corrected chi connectivity index (χ3v) is 5.11. The van der Waals surface area contributed by atoms with Gasteiger partial charge in [-0.2, -0.15) is 5.10 Å². The molecule has 2 aromatic carbocycles. The summed E-state index contributed by atoms with van der Waals surface area (Å²) in [6.07, 6.45) is 0. The summed E-state index contributed by atoms with van der Waals surface area (Å²) in [7, 11) is 1.92. The SMILES string of the molecule is Cc1ccccc1Nc1ccc(C(=S)c2c(C)nn(C)c2C)c(Cl)c1. The Balaban J connectivity index is 1.92. The van der Waals surface area contributed by atoms with Crippen molar-refractivity contribution in [3.05, 3.63) is 75.6 Å². The Morgan fingerprint density at radius 3 is 2.44 bits per heavy atom. The molecule has 0 aliphatic carbocycles. The molecule has 3 nitrogen and oxygen atoms in total. The first-order valence-electron chi connectivity index (χ1n) is 8.05. The van der Waals surface area contributed by atoms with Crippen LogP contribution in [0.2, 0.25) is 5.02 Å². The fraction of sp³-hybridized carbons (Fsp3) is 0.200. The summed E-state index contributed by atoms with van der Waals surface area (Å²) in [6, 6.07) is 14.0. The lowest BCUT2D eigenvalue weighted by atomic mass is 10.0. The number of para-hydroxylation sites is 1. The Bertz CT molecular complexity index is 960. The second kappa shape index (κ2) is 6.98. The summed E-state index contributed by atoms with van der Waals surface area (Å²) >= 11 is 12.2. The van der Waals surface area contributed by atoms with Gasteiger partial charge in [0.2, 0.25) is 0 Å². The second-order valence-corrected chi connectivity index (χ2v) is 6.95. The van der Waals surface area contributed by atoms with Gasteiger partial charge < -0.3 is 5.32 Å². The largest absolute Gasteiger partial charge is 0.355 e. The van der Waals surface area contributed by atoms with Gasteiger partial charge in [0.1, 0.15) is 0 Å². The summed E-state index contributed by atoms with van der Waals surface area (Å²) in [4.78, 5) is 0.732. The van der Waals surface area contributed by atoms with E-state index in [4.69, 9.17) is 23.8 Å². The van der Waals surface area contributed by atoms with Crippen LogP contribution in [0, 0.1) is 20.8 Å². The van der Waals surface area contributed by atoms with Crippen molar-refractivity contribution in [1.82, 2.24) is 9.78 Å². The number of hydrogen-bond donors (Lipinski definition) is 1. The highest BCUT2D eigenvalue weighted by Gasteiger charge is 2.17. The van der Waals surface area contributed by atoms with Crippen LogP contribution >= 0.6 is 23.8 Å². The van der Waals surface area contributed by atoms with Crippen molar-refractivity contribution in [1.29, 1.82) is 0 Å². The molecule has 0 unspecified atom stereocenters. The zero-order valence-electron chi connectivity index (χ0n) is 14.7. The Hall–Kier alpha value is -2.17. The third-order valence-electron chi connectivity index (χ3n) is 4.37. The van der Waals surface area contributed by atoms with Crippen LogP contribution in [0.1, 0.15) is 28.1 Å². The summed E-state index contributed by atoms with van der Waals surface area (Å²) in [5.74, 6) is 0. The topological polar surface area (TPSA) is 29.9 Å². The molecule has 0 spiro atoms. The lowest BCUT2D eigenvalue weighted by Gasteiger charge is -2.12. The highest BCUT2D eigenvalue weighted by atomic mass is 35.5. The van der Waals surface area contributed by atoms with E-state index < -0.39 is 0 Å². The molecule has 0 saturated heterocycles. The fourth-order valence-corrected chi connectivity index (χ4v) is 3.69. The molecule has 0 aliphatic heterocycles. The first-order chi connectivity index (χ1) is 11.9. The number of hydrogen-bond acceptors (Lipinski definition) is 3. The molecule has 0 fully saturated rings. The molecule has 25 heavy (non-hydrogen) atoms. The second-order valence-electron chi connectivity index (χ2n) is 6.13. The molecule has 0 amide bonds. The zero-order valence-corrected chi connectivity index (χ0v) is 16.3. The van der Waals surface area contributed by atoms with E-state index in [2.05, 4.69) is 23.4 Å². The summed E-state index contributed by atoms with van der Waals surface area (Å²) in [5.41, 5.74) is 6.98. The predicted octanol–water partition coefficient (Wildman–Crippen LogP) is 5.51. The number of rotatable bonds is 4. The Morgan fingerprint density at radius 2 is 1.84 bits per heavy atom. The molecule has 5 heteroatoms. The summed E-state index contributed by atoms with van der Waals surface area (Å²) in [6.45, 7) is 6.06. The van der Waals surface area contributed by atoms with E-state index in [0.717, 1.165) is 38.8 Å². The van der Waals surface area contributed by atoms with E-state index in [-0.39, 0.29) is 0 Å². The van der Waals surface area contributed by atoms with Crippen molar-refractivity contribution in [3.8, 4) is 0 Å². The van der Waals surface area contributed by atoms with Crippen molar-refractivity contribution < 1.29 is 0 Å². The maximum Gasteiger partial charge on any atom is 0.0683 e. The Labute approximate surface area is 158 Å². The fourth-order valence-electron chi connectivity index (χ4n) is 2.88. The van der Waals surface area contributed by atoms with Crippen LogP contribution in [0.3, 0.4) is 0 Å². The molecule has 1 N–H and O–H groups in total. The molecule has 0 bridgehead atoms. The van der Waals surface area contributed by atoms with Gasteiger partial charge in [0, 0.05) is 35.2 Å². The molecule has 128 valence electrons. The molecular weight excluding hydrogens is 350 g/mol. The number of nitrogens with one attached hydrogen (secondary N) is 1. The Morgan fingerprint density at radius 1 is 1.12 bits per heavy atom. The van der Waals surface area contributed by atoms with Gasteiger partial charge >= 0.3 is 0 Å². The van der Waals surface area contributed by atoms with Crippen LogP contribution in [0.4, 0.5) is 11.4 Å². The van der Waals surface area contributed by atoms with Crippen molar-refractivity contribution in [3.63, 3.8) is 0 Å². The minimum atomic E-state index is 0.631. The van der Waals surface area contributed by atoms with Gasteiger partial charge in [-0.05, 0) is 50.6 Å². The standard InChI is InChI=1S/C20H20ClN3S/c1-12-7-5-6-8-18(12)22-15-9-10-16(17(21)11-15)20(25)19-13(2)23-24(4)14(19)3/h5-11,22H,1-4H3. The summed E-state index contributed by atoms with van der Waals surface area (Å²) < 4.78 is 1.85. The first-order valence-corrected chi connectivity index (χ1v) is 8.84. The highest BCUT2D eigenvalue weighted by Crippen LogP contribution is 2.28. The van der Waals surface area contributed by atoms with Gasteiger partial charge in [0.25, 0.3) is 0 Å².